The van der Waals surface area contributed by atoms with Crippen LogP contribution in [0.4, 0.5) is 5.69 Å². The first-order chi connectivity index (χ1) is 12.1. The molecule has 25 heavy (non-hydrogen) atoms. The van der Waals surface area contributed by atoms with Crippen LogP contribution in [-0.2, 0) is 0 Å². The van der Waals surface area contributed by atoms with E-state index in [0.717, 1.165) is 24.5 Å². The SMILES string of the molecule is CN(C)C(CNC(=O)c1ccc(N2CCCC2)c(Cl)c1)c1ccco1. The predicted molar refractivity (Wildman–Crippen MR) is 100 cm³/mol. The number of nitrogens with zero attached hydrogens (tertiary/aromatic N) is 2. The van der Waals surface area contributed by atoms with Crippen molar-refractivity contribution < 1.29 is 9.21 Å². The molecule has 1 unspecified atom stereocenters. The van der Waals surface area contributed by atoms with Gasteiger partial charge in [-0.05, 0) is 57.3 Å². The zero-order chi connectivity index (χ0) is 17.8. The van der Waals surface area contributed by atoms with Crippen LogP contribution in [0.15, 0.2) is 41.0 Å². The Balaban J connectivity index is 1.65. The molecule has 1 aliphatic heterocycles. The molecule has 1 atom stereocenters. The van der Waals surface area contributed by atoms with Gasteiger partial charge in [0.1, 0.15) is 5.76 Å². The van der Waals surface area contributed by atoms with Crippen molar-refractivity contribution >= 4 is 23.2 Å². The lowest BCUT2D eigenvalue weighted by atomic mass is 10.1. The summed E-state index contributed by atoms with van der Waals surface area (Å²) in [6, 6.07) is 9.29. The first kappa shape index (κ1) is 17.8. The number of carbonyl (C=O) groups is 1. The summed E-state index contributed by atoms with van der Waals surface area (Å²) in [4.78, 5) is 16.8. The molecular formula is C19H24ClN3O2. The van der Waals surface area contributed by atoms with E-state index in [9.17, 15) is 4.79 Å². The lowest BCUT2D eigenvalue weighted by Gasteiger charge is -2.23. The third kappa shape index (κ3) is 4.17. The number of amides is 1. The van der Waals surface area contributed by atoms with Gasteiger partial charge in [0.2, 0.25) is 0 Å². The maximum absolute atomic E-state index is 12.5. The number of anilines is 1. The average molecular weight is 362 g/mol. The lowest BCUT2D eigenvalue weighted by molar-refractivity contribution is 0.0939. The largest absolute Gasteiger partial charge is 0.468 e. The minimum absolute atomic E-state index is 0.0155. The summed E-state index contributed by atoms with van der Waals surface area (Å²) in [5, 5.41) is 3.60. The van der Waals surface area contributed by atoms with Crippen LogP contribution in [0.2, 0.25) is 5.02 Å². The number of nitrogens with one attached hydrogen (secondary N) is 1. The molecule has 0 bridgehead atoms. The number of hydrogen-bond acceptors (Lipinski definition) is 4. The van der Waals surface area contributed by atoms with Crippen molar-refractivity contribution in [2.75, 3.05) is 38.6 Å². The molecule has 0 radical (unpaired) electrons. The van der Waals surface area contributed by atoms with Crippen LogP contribution < -0.4 is 10.2 Å². The van der Waals surface area contributed by atoms with Crippen molar-refractivity contribution in [2.45, 2.75) is 18.9 Å². The highest BCUT2D eigenvalue weighted by molar-refractivity contribution is 6.33. The van der Waals surface area contributed by atoms with E-state index >= 15 is 0 Å². The normalized spacial score (nSPS) is 15.6. The number of benzene rings is 1. The zero-order valence-electron chi connectivity index (χ0n) is 14.7. The Morgan fingerprint density at radius 1 is 1.32 bits per heavy atom. The number of carbonyl (C=O) groups excluding carboxylic acids is 1. The van der Waals surface area contributed by atoms with Crippen LogP contribution >= 0.6 is 11.6 Å². The highest BCUT2D eigenvalue weighted by Gasteiger charge is 2.20. The average Bonchev–Trinajstić information content (AvgIpc) is 3.28. The lowest BCUT2D eigenvalue weighted by Crippen LogP contribution is -2.34. The van der Waals surface area contributed by atoms with E-state index in [0.29, 0.717) is 17.1 Å². The van der Waals surface area contributed by atoms with Crippen molar-refractivity contribution in [1.82, 2.24) is 10.2 Å². The quantitative estimate of drug-likeness (QED) is 0.854. The Kier molecular flexibility index (Phi) is 5.66. The Hall–Kier alpha value is -1.98. The topological polar surface area (TPSA) is 48.7 Å². The molecule has 2 heterocycles. The molecule has 1 aliphatic rings. The molecule has 5 nitrogen and oxygen atoms in total. The molecule has 134 valence electrons. The molecule has 0 spiro atoms. The van der Waals surface area contributed by atoms with Crippen molar-refractivity contribution in [3.8, 4) is 0 Å². The Bertz CT molecular complexity index is 709. The summed E-state index contributed by atoms with van der Waals surface area (Å²) in [6.45, 7) is 2.52. The second-order valence-corrected chi connectivity index (χ2v) is 6.97. The highest BCUT2D eigenvalue weighted by Crippen LogP contribution is 2.29. The Morgan fingerprint density at radius 2 is 2.08 bits per heavy atom. The van der Waals surface area contributed by atoms with Gasteiger partial charge >= 0.3 is 0 Å². The molecule has 3 rings (SSSR count). The standard InChI is InChI=1S/C19H24ClN3O2/c1-22(2)17(18-6-5-11-25-18)13-21-19(24)14-7-8-16(15(20)12-14)23-9-3-4-10-23/h5-8,11-12,17H,3-4,9-10,13H2,1-2H3,(H,21,24). The van der Waals surface area contributed by atoms with Crippen LogP contribution in [0.3, 0.4) is 0 Å². The molecule has 1 aromatic carbocycles. The summed E-state index contributed by atoms with van der Waals surface area (Å²) in [6.07, 6.45) is 4.03. The second kappa shape index (κ2) is 7.93. The van der Waals surface area contributed by atoms with Gasteiger partial charge in [-0.25, -0.2) is 0 Å². The van der Waals surface area contributed by atoms with Gasteiger partial charge in [0.25, 0.3) is 5.91 Å². The van der Waals surface area contributed by atoms with E-state index < -0.39 is 0 Å². The fourth-order valence-corrected chi connectivity index (χ4v) is 3.47. The molecule has 2 aromatic rings. The highest BCUT2D eigenvalue weighted by atomic mass is 35.5. The maximum Gasteiger partial charge on any atom is 0.251 e. The van der Waals surface area contributed by atoms with Crippen molar-refractivity contribution in [1.29, 1.82) is 0 Å². The van der Waals surface area contributed by atoms with Gasteiger partial charge in [-0.15, -0.1) is 0 Å². The van der Waals surface area contributed by atoms with Crippen LogP contribution in [0.1, 0.15) is 35.0 Å². The molecular weight excluding hydrogens is 338 g/mol. The number of halogens is 1. The summed E-state index contributed by atoms with van der Waals surface area (Å²) < 4.78 is 5.47. The minimum Gasteiger partial charge on any atom is -0.468 e. The van der Waals surface area contributed by atoms with Gasteiger partial charge in [0.05, 0.1) is 23.0 Å². The van der Waals surface area contributed by atoms with Gasteiger partial charge in [0, 0.05) is 25.2 Å². The van der Waals surface area contributed by atoms with E-state index in [1.165, 1.54) is 12.8 Å². The molecule has 1 aromatic heterocycles. The first-order valence-electron chi connectivity index (χ1n) is 8.59. The Morgan fingerprint density at radius 3 is 2.68 bits per heavy atom. The number of furan rings is 1. The fraction of sp³-hybridized carbons (Fsp3) is 0.421. The van der Waals surface area contributed by atoms with E-state index in [2.05, 4.69) is 10.2 Å². The minimum atomic E-state index is -0.131. The van der Waals surface area contributed by atoms with Crippen molar-refractivity contribution in [3.05, 3.63) is 52.9 Å². The van der Waals surface area contributed by atoms with Crippen molar-refractivity contribution in [3.63, 3.8) is 0 Å². The maximum atomic E-state index is 12.5. The molecule has 0 saturated carbocycles. The van der Waals surface area contributed by atoms with E-state index in [-0.39, 0.29) is 11.9 Å². The molecule has 6 heteroatoms. The van der Waals surface area contributed by atoms with Gasteiger partial charge in [0.15, 0.2) is 0 Å². The van der Waals surface area contributed by atoms with Gasteiger partial charge in [-0.3, -0.25) is 9.69 Å². The first-order valence-corrected chi connectivity index (χ1v) is 8.96. The molecule has 1 N–H and O–H groups in total. The smallest absolute Gasteiger partial charge is 0.251 e. The van der Waals surface area contributed by atoms with Gasteiger partial charge in [-0.2, -0.15) is 0 Å². The van der Waals surface area contributed by atoms with Crippen molar-refractivity contribution in [2.24, 2.45) is 0 Å². The number of hydrogen-bond donors (Lipinski definition) is 1. The monoisotopic (exact) mass is 361 g/mol. The van der Waals surface area contributed by atoms with Crippen LogP contribution in [-0.4, -0.2) is 44.5 Å². The number of rotatable bonds is 6. The van der Waals surface area contributed by atoms with E-state index in [1.54, 1.807) is 12.3 Å². The Labute approximate surface area is 153 Å². The van der Waals surface area contributed by atoms with Gasteiger partial charge in [-0.1, -0.05) is 11.6 Å². The third-order valence-corrected chi connectivity index (χ3v) is 4.91. The van der Waals surface area contributed by atoms with E-state index in [1.807, 2.05) is 43.3 Å². The summed E-state index contributed by atoms with van der Waals surface area (Å²) in [7, 11) is 3.92. The van der Waals surface area contributed by atoms with Crippen LogP contribution in [0.5, 0.6) is 0 Å². The van der Waals surface area contributed by atoms with Crippen LogP contribution in [0.25, 0.3) is 0 Å². The molecule has 1 saturated heterocycles. The zero-order valence-corrected chi connectivity index (χ0v) is 15.4. The van der Waals surface area contributed by atoms with Gasteiger partial charge < -0.3 is 14.6 Å². The predicted octanol–water partition coefficient (Wildman–Crippen LogP) is 3.57. The molecule has 1 fully saturated rings. The summed E-state index contributed by atoms with van der Waals surface area (Å²) in [5.74, 6) is 0.695. The fourth-order valence-electron chi connectivity index (χ4n) is 3.17. The summed E-state index contributed by atoms with van der Waals surface area (Å²) in [5.41, 5.74) is 1.59. The third-order valence-electron chi connectivity index (χ3n) is 4.61. The molecule has 0 aliphatic carbocycles. The molecule has 1 amide bonds. The second-order valence-electron chi connectivity index (χ2n) is 6.57. The summed E-state index contributed by atoms with van der Waals surface area (Å²) >= 11 is 6.40. The number of likely N-dealkylation sites (N-methyl/N-ethyl adjacent to an activating group) is 1. The van der Waals surface area contributed by atoms with E-state index in [4.69, 9.17) is 16.0 Å². The van der Waals surface area contributed by atoms with Crippen LogP contribution in [0, 0.1) is 0 Å².